The second kappa shape index (κ2) is 9.68. The lowest BCUT2D eigenvalue weighted by Crippen LogP contribution is -2.18. The van der Waals surface area contributed by atoms with Gasteiger partial charge in [0.1, 0.15) is 0 Å². The Morgan fingerprint density at radius 3 is 2.25 bits per heavy atom. The molecule has 0 aromatic rings. The second-order valence-electron chi connectivity index (χ2n) is 4.98. The smallest absolute Gasteiger partial charge is 0.308 e. The standard InChI is InChI=1S/C14H28O2/c1-5-8-13(10-7-9-12(3)4)14(15)16-11-6-2/h12-13H,5-11H2,1-4H3. The summed E-state index contributed by atoms with van der Waals surface area (Å²) < 4.78 is 5.22. The summed E-state index contributed by atoms with van der Waals surface area (Å²) in [6.07, 6.45) is 6.30. The Morgan fingerprint density at radius 1 is 1.06 bits per heavy atom. The molecule has 96 valence electrons. The highest BCUT2D eigenvalue weighted by molar-refractivity contribution is 5.72. The van der Waals surface area contributed by atoms with E-state index in [2.05, 4.69) is 20.8 Å². The van der Waals surface area contributed by atoms with E-state index >= 15 is 0 Å². The van der Waals surface area contributed by atoms with Gasteiger partial charge in [-0.25, -0.2) is 0 Å². The van der Waals surface area contributed by atoms with Gasteiger partial charge in [-0.05, 0) is 25.2 Å². The Bertz CT molecular complexity index is 176. The van der Waals surface area contributed by atoms with Crippen LogP contribution in [0.25, 0.3) is 0 Å². The molecule has 2 heteroatoms. The first kappa shape index (κ1) is 15.5. The summed E-state index contributed by atoms with van der Waals surface area (Å²) in [5.41, 5.74) is 0. The predicted octanol–water partition coefficient (Wildman–Crippen LogP) is 4.18. The Morgan fingerprint density at radius 2 is 1.75 bits per heavy atom. The molecule has 0 bridgehead atoms. The summed E-state index contributed by atoms with van der Waals surface area (Å²) in [6.45, 7) is 9.18. The quantitative estimate of drug-likeness (QED) is 0.553. The Hall–Kier alpha value is -0.530. The molecule has 0 aromatic heterocycles. The van der Waals surface area contributed by atoms with Gasteiger partial charge in [0, 0.05) is 0 Å². The van der Waals surface area contributed by atoms with Gasteiger partial charge in [0.05, 0.1) is 12.5 Å². The largest absolute Gasteiger partial charge is 0.465 e. The highest BCUT2D eigenvalue weighted by atomic mass is 16.5. The van der Waals surface area contributed by atoms with Crippen molar-refractivity contribution < 1.29 is 9.53 Å². The van der Waals surface area contributed by atoms with Gasteiger partial charge < -0.3 is 4.74 Å². The van der Waals surface area contributed by atoms with Gasteiger partial charge in [-0.2, -0.15) is 0 Å². The zero-order valence-electron chi connectivity index (χ0n) is 11.4. The molecule has 0 spiro atoms. The number of esters is 1. The fraction of sp³-hybridized carbons (Fsp3) is 0.929. The maximum atomic E-state index is 11.7. The predicted molar refractivity (Wildman–Crippen MR) is 68.3 cm³/mol. The number of carbonyl (C=O) groups is 1. The lowest BCUT2D eigenvalue weighted by Gasteiger charge is -2.15. The number of carbonyl (C=O) groups excluding carboxylic acids is 1. The minimum absolute atomic E-state index is 0.0208. The molecule has 0 aliphatic rings. The van der Waals surface area contributed by atoms with Crippen LogP contribution in [-0.4, -0.2) is 12.6 Å². The average molecular weight is 228 g/mol. The summed E-state index contributed by atoms with van der Waals surface area (Å²) in [4.78, 5) is 11.7. The van der Waals surface area contributed by atoms with Crippen LogP contribution < -0.4 is 0 Å². The Kier molecular flexibility index (Phi) is 9.36. The minimum Gasteiger partial charge on any atom is -0.465 e. The number of rotatable bonds is 9. The van der Waals surface area contributed by atoms with E-state index < -0.39 is 0 Å². The molecule has 0 rings (SSSR count). The molecule has 0 saturated heterocycles. The van der Waals surface area contributed by atoms with Crippen LogP contribution in [-0.2, 0) is 9.53 Å². The van der Waals surface area contributed by atoms with E-state index in [0.29, 0.717) is 6.61 Å². The van der Waals surface area contributed by atoms with Crippen molar-refractivity contribution in [2.75, 3.05) is 6.61 Å². The number of ether oxygens (including phenoxy) is 1. The second-order valence-corrected chi connectivity index (χ2v) is 4.98. The van der Waals surface area contributed by atoms with Gasteiger partial charge in [0.15, 0.2) is 0 Å². The van der Waals surface area contributed by atoms with Gasteiger partial charge in [0.25, 0.3) is 0 Å². The van der Waals surface area contributed by atoms with Gasteiger partial charge in [0.2, 0.25) is 0 Å². The van der Waals surface area contributed by atoms with Crippen molar-refractivity contribution in [2.24, 2.45) is 11.8 Å². The summed E-state index contributed by atoms with van der Waals surface area (Å²) in [5.74, 6) is 0.886. The molecule has 0 heterocycles. The molecular formula is C14H28O2. The zero-order chi connectivity index (χ0) is 12.4. The Balaban J connectivity index is 3.89. The lowest BCUT2D eigenvalue weighted by atomic mass is 9.95. The molecule has 0 fully saturated rings. The molecular weight excluding hydrogens is 200 g/mol. The van der Waals surface area contributed by atoms with Crippen molar-refractivity contribution in [2.45, 2.75) is 66.2 Å². The summed E-state index contributed by atoms with van der Waals surface area (Å²) in [6, 6.07) is 0. The SMILES string of the molecule is CCCOC(=O)C(CCC)CCCC(C)C. The van der Waals surface area contributed by atoms with Crippen molar-refractivity contribution in [1.82, 2.24) is 0 Å². The lowest BCUT2D eigenvalue weighted by molar-refractivity contribution is -0.149. The van der Waals surface area contributed by atoms with Crippen molar-refractivity contribution in [3.05, 3.63) is 0 Å². The number of hydrogen-bond acceptors (Lipinski definition) is 2. The van der Waals surface area contributed by atoms with Crippen LogP contribution in [0.3, 0.4) is 0 Å². The van der Waals surface area contributed by atoms with Gasteiger partial charge in [-0.15, -0.1) is 0 Å². The molecule has 0 radical (unpaired) electrons. The Labute approximate surface area is 101 Å². The van der Waals surface area contributed by atoms with Crippen LogP contribution in [0.15, 0.2) is 0 Å². The molecule has 0 aliphatic heterocycles. The molecule has 0 amide bonds. The van der Waals surface area contributed by atoms with Gasteiger partial charge >= 0.3 is 5.97 Å². The van der Waals surface area contributed by atoms with E-state index in [1.54, 1.807) is 0 Å². The molecule has 0 aromatic carbocycles. The molecule has 0 aliphatic carbocycles. The third kappa shape index (κ3) is 7.72. The monoisotopic (exact) mass is 228 g/mol. The van der Waals surface area contributed by atoms with Gasteiger partial charge in [-0.3, -0.25) is 4.79 Å². The van der Waals surface area contributed by atoms with Crippen LogP contribution in [0, 0.1) is 11.8 Å². The van der Waals surface area contributed by atoms with Crippen LogP contribution >= 0.6 is 0 Å². The summed E-state index contributed by atoms with van der Waals surface area (Å²) >= 11 is 0. The van der Waals surface area contributed by atoms with E-state index in [9.17, 15) is 4.79 Å². The fourth-order valence-corrected chi connectivity index (χ4v) is 1.82. The summed E-state index contributed by atoms with van der Waals surface area (Å²) in [5, 5.41) is 0. The summed E-state index contributed by atoms with van der Waals surface area (Å²) in [7, 11) is 0. The van der Waals surface area contributed by atoms with Crippen molar-refractivity contribution in [3.63, 3.8) is 0 Å². The van der Waals surface area contributed by atoms with E-state index in [1.807, 2.05) is 6.92 Å². The van der Waals surface area contributed by atoms with Crippen molar-refractivity contribution >= 4 is 5.97 Å². The highest BCUT2D eigenvalue weighted by Gasteiger charge is 2.18. The average Bonchev–Trinajstić information content (AvgIpc) is 2.24. The van der Waals surface area contributed by atoms with Gasteiger partial charge in [-0.1, -0.05) is 47.0 Å². The topological polar surface area (TPSA) is 26.3 Å². The number of hydrogen-bond donors (Lipinski definition) is 0. The van der Waals surface area contributed by atoms with Crippen LogP contribution in [0.5, 0.6) is 0 Å². The van der Waals surface area contributed by atoms with Crippen LogP contribution in [0.2, 0.25) is 0 Å². The van der Waals surface area contributed by atoms with E-state index in [0.717, 1.165) is 38.0 Å². The van der Waals surface area contributed by atoms with E-state index in [4.69, 9.17) is 4.74 Å². The maximum absolute atomic E-state index is 11.7. The fourth-order valence-electron chi connectivity index (χ4n) is 1.82. The van der Waals surface area contributed by atoms with Crippen molar-refractivity contribution in [1.29, 1.82) is 0 Å². The first-order valence-electron chi connectivity index (χ1n) is 6.78. The molecule has 0 N–H and O–H groups in total. The third-order valence-corrected chi connectivity index (χ3v) is 2.75. The molecule has 16 heavy (non-hydrogen) atoms. The van der Waals surface area contributed by atoms with Crippen LogP contribution in [0.4, 0.5) is 0 Å². The molecule has 2 nitrogen and oxygen atoms in total. The molecule has 1 atom stereocenters. The minimum atomic E-state index is 0.0208. The first-order valence-corrected chi connectivity index (χ1v) is 6.78. The van der Waals surface area contributed by atoms with E-state index in [-0.39, 0.29) is 11.9 Å². The molecule has 0 saturated carbocycles. The van der Waals surface area contributed by atoms with Crippen molar-refractivity contribution in [3.8, 4) is 0 Å². The first-order chi connectivity index (χ1) is 7.61. The normalized spacial score (nSPS) is 12.8. The zero-order valence-corrected chi connectivity index (χ0v) is 11.4. The molecule has 1 unspecified atom stereocenters. The maximum Gasteiger partial charge on any atom is 0.308 e. The van der Waals surface area contributed by atoms with Crippen LogP contribution in [0.1, 0.15) is 66.2 Å². The highest BCUT2D eigenvalue weighted by Crippen LogP contribution is 2.18. The third-order valence-electron chi connectivity index (χ3n) is 2.75. The van der Waals surface area contributed by atoms with E-state index in [1.165, 1.54) is 6.42 Å².